The summed E-state index contributed by atoms with van der Waals surface area (Å²) >= 11 is 1.09. The predicted molar refractivity (Wildman–Crippen MR) is 71.1 cm³/mol. The van der Waals surface area contributed by atoms with E-state index >= 15 is 0 Å². The summed E-state index contributed by atoms with van der Waals surface area (Å²) in [6.45, 7) is 3.19. The Kier molecular flexibility index (Phi) is 3.88. The van der Waals surface area contributed by atoms with E-state index in [2.05, 4.69) is 19.9 Å². The van der Waals surface area contributed by atoms with Crippen molar-refractivity contribution in [2.24, 2.45) is 0 Å². The number of aromatic carboxylic acids is 1. The van der Waals surface area contributed by atoms with Crippen LogP contribution in [0.2, 0.25) is 0 Å². The van der Waals surface area contributed by atoms with Crippen LogP contribution in [0.5, 0.6) is 0 Å². The molecule has 0 bridgehead atoms. The van der Waals surface area contributed by atoms with E-state index in [-0.39, 0.29) is 10.6 Å². The van der Waals surface area contributed by atoms with Crippen molar-refractivity contribution in [3.05, 3.63) is 28.0 Å². The molecule has 2 aromatic rings. The normalized spacial score (nSPS) is 13.3. The summed E-state index contributed by atoms with van der Waals surface area (Å²) in [6.07, 6.45) is 1.22. The summed E-state index contributed by atoms with van der Waals surface area (Å²) in [4.78, 5) is 14.7. The summed E-state index contributed by atoms with van der Waals surface area (Å²) < 4.78 is 26.7. The average Bonchev–Trinajstić information content (AvgIpc) is 2.96. The molecule has 8 nitrogen and oxygen atoms in total. The highest BCUT2D eigenvalue weighted by molar-refractivity contribution is 7.89. The second-order valence-electron chi connectivity index (χ2n) is 4.08. The van der Waals surface area contributed by atoms with Gasteiger partial charge in [0.25, 0.3) is 0 Å². The number of nitrogens with one attached hydrogen (secondary N) is 2. The van der Waals surface area contributed by atoms with Gasteiger partial charge in [-0.1, -0.05) is 0 Å². The molecule has 10 heteroatoms. The number of thiazole rings is 1. The van der Waals surface area contributed by atoms with Crippen LogP contribution in [0.3, 0.4) is 0 Å². The zero-order valence-corrected chi connectivity index (χ0v) is 12.2. The Labute approximate surface area is 118 Å². The van der Waals surface area contributed by atoms with Gasteiger partial charge >= 0.3 is 5.97 Å². The number of aromatic nitrogens is 3. The molecule has 0 amide bonds. The molecule has 0 saturated heterocycles. The van der Waals surface area contributed by atoms with Crippen LogP contribution in [0.1, 0.15) is 34.2 Å². The lowest BCUT2D eigenvalue weighted by molar-refractivity contribution is 0.0691. The number of aromatic amines is 1. The van der Waals surface area contributed by atoms with Crippen LogP contribution in [0, 0.1) is 6.92 Å². The monoisotopic (exact) mass is 316 g/mol. The van der Waals surface area contributed by atoms with Crippen molar-refractivity contribution in [3.8, 4) is 0 Å². The van der Waals surface area contributed by atoms with E-state index in [1.165, 1.54) is 11.6 Å². The molecule has 0 aliphatic heterocycles. The molecule has 0 spiro atoms. The minimum Gasteiger partial charge on any atom is -0.476 e. The smallest absolute Gasteiger partial charge is 0.355 e. The number of hydrogen-bond donors (Lipinski definition) is 3. The first-order valence-corrected chi connectivity index (χ1v) is 7.88. The van der Waals surface area contributed by atoms with Gasteiger partial charge in [-0.3, -0.25) is 5.10 Å². The van der Waals surface area contributed by atoms with Gasteiger partial charge in [0.05, 0.1) is 17.9 Å². The first-order chi connectivity index (χ1) is 9.31. The van der Waals surface area contributed by atoms with Gasteiger partial charge < -0.3 is 5.11 Å². The standard InChI is InChI=1S/C10H12N4O4S2/c1-5-8(3-11-13-5)20(17,18)14-6(2)9-12-7(4-19-9)10(15)16/h3-4,6,14H,1-2H3,(H,11,13)(H,15,16). The SMILES string of the molecule is Cc1[nH]ncc1S(=O)(=O)NC(C)c1nc(C(=O)O)cs1. The highest BCUT2D eigenvalue weighted by Gasteiger charge is 2.23. The van der Waals surface area contributed by atoms with E-state index in [0.29, 0.717) is 10.7 Å². The third-order valence-electron chi connectivity index (χ3n) is 2.52. The second-order valence-corrected chi connectivity index (χ2v) is 6.65. The van der Waals surface area contributed by atoms with E-state index in [9.17, 15) is 13.2 Å². The van der Waals surface area contributed by atoms with Crippen LogP contribution < -0.4 is 4.72 Å². The Morgan fingerprint density at radius 2 is 2.25 bits per heavy atom. The molecule has 0 radical (unpaired) electrons. The Morgan fingerprint density at radius 1 is 1.55 bits per heavy atom. The van der Waals surface area contributed by atoms with Crippen molar-refractivity contribution in [3.63, 3.8) is 0 Å². The lowest BCUT2D eigenvalue weighted by atomic mass is 10.4. The number of sulfonamides is 1. The van der Waals surface area contributed by atoms with Crippen molar-refractivity contribution in [1.29, 1.82) is 0 Å². The van der Waals surface area contributed by atoms with E-state index in [4.69, 9.17) is 5.11 Å². The largest absolute Gasteiger partial charge is 0.476 e. The van der Waals surface area contributed by atoms with Crippen LogP contribution in [0.4, 0.5) is 0 Å². The highest BCUT2D eigenvalue weighted by atomic mass is 32.2. The van der Waals surface area contributed by atoms with E-state index < -0.39 is 22.0 Å². The number of aryl methyl sites for hydroxylation is 1. The van der Waals surface area contributed by atoms with Crippen molar-refractivity contribution in [2.75, 3.05) is 0 Å². The van der Waals surface area contributed by atoms with Gasteiger partial charge in [-0.05, 0) is 13.8 Å². The fourth-order valence-corrected chi connectivity index (χ4v) is 3.76. The van der Waals surface area contributed by atoms with Gasteiger partial charge in [-0.25, -0.2) is 22.9 Å². The number of carbonyl (C=O) groups is 1. The molecule has 0 aliphatic rings. The van der Waals surface area contributed by atoms with E-state index in [0.717, 1.165) is 11.3 Å². The van der Waals surface area contributed by atoms with Crippen LogP contribution in [0.25, 0.3) is 0 Å². The van der Waals surface area contributed by atoms with Crippen LogP contribution in [0.15, 0.2) is 16.5 Å². The summed E-state index contributed by atoms with van der Waals surface area (Å²) in [5.74, 6) is -1.15. The zero-order chi connectivity index (χ0) is 14.9. The van der Waals surface area contributed by atoms with Gasteiger partial charge in [-0.15, -0.1) is 11.3 Å². The van der Waals surface area contributed by atoms with Gasteiger partial charge in [-0.2, -0.15) is 5.10 Å². The first kappa shape index (κ1) is 14.6. The molecule has 0 fully saturated rings. The maximum absolute atomic E-state index is 12.1. The summed E-state index contributed by atoms with van der Waals surface area (Å²) in [5, 5.41) is 16.7. The summed E-state index contributed by atoms with van der Waals surface area (Å²) in [7, 11) is -3.73. The van der Waals surface area contributed by atoms with Gasteiger partial charge in [0.2, 0.25) is 10.0 Å². The number of nitrogens with zero attached hydrogens (tertiary/aromatic N) is 2. The Bertz CT molecular complexity index is 734. The third kappa shape index (κ3) is 2.86. The molecular formula is C10H12N4O4S2. The molecule has 20 heavy (non-hydrogen) atoms. The Morgan fingerprint density at radius 3 is 2.75 bits per heavy atom. The maximum Gasteiger partial charge on any atom is 0.355 e. The first-order valence-electron chi connectivity index (χ1n) is 5.52. The highest BCUT2D eigenvalue weighted by Crippen LogP contribution is 2.21. The Balaban J connectivity index is 2.20. The number of hydrogen-bond acceptors (Lipinski definition) is 6. The molecule has 3 N–H and O–H groups in total. The average molecular weight is 316 g/mol. The fraction of sp³-hybridized carbons (Fsp3) is 0.300. The summed E-state index contributed by atoms with van der Waals surface area (Å²) in [5.41, 5.74) is 0.325. The third-order valence-corrected chi connectivity index (χ3v) is 5.20. The summed E-state index contributed by atoms with van der Waals surface area (Å²) in [6, 6.07) is -0.632. The van der Waals surface area contributed by atoms with Crippen LogP contribution in [-0.4, -0.2) is 34.7 Å². The van der Waals surface area contributed by atoms with Gasteiger partial charge in [0, 0.05) is 5.38 Å². The molecule has 1 atom stereocenters. The van der Waals surface area contributed by atoms with E-state index in [1.54, 1.807) is 13.8 Å². The minimum atomic E-state index is -3.73. The predicted octanol–water partition coefficient (Wildman–Crippen LogP) is 0.912. The number of H-pyrrole nitrogens is 1. The molecule has 2 rings (SSSR count). The molecule has 108 valence electrons. The fourth-order valence-electron chi connectivity index (χ4n) is 1.54. The van der Waals surface area contributed by atoms with Gasteiger partial charge in [0.1, 0.15) is 9.90 Å². The van der Waals surface area contributed by atoms with Crippen LogP contribution in [-0.2, 0) is 10.0 Å². The van der Waals surface area contributed by atoms with Crippen molar-refractivity contribution < 1.29 is 18.3 Å². The van der Waals surface area contributed by atoms with Crippen molar-refractivity contribution >= 4 is 27.3 Å². The molecule has 0 aliphatic carbocycles. The number of carboxylic acid groups (broad SMARTS) is 1. The van der Waals surface area contributed by atoms with Gasteiger partial charge in [0.15, 0.2) is 5.69 Å². The molecule has 2 aromatic heterocycles. The zero-order valence-electron chi connectivity index (χ0n) is 10.6. The molecule has 0 aromatic carbocycles. The lowest BCUT2D eigenvalue weighted by Gasteiger charge is -2.11. The second kappa shape index (κ2) is 5.31. The van der Waals surface area contributed by atoms with Crippen molar-refractivity contribution in [2.45, 2.75) is 24.8 Å². The Hall–Kier alpha value is -1.78. The minimum absolute atomic E-state index is 0.0550. The molecule has 1 unspecified atom stereocenters. The number of carboxylic acids is 1. The quantitative estimate of drug-likeness (QED) is 0.753. The lowest BCUT2D eigenvalue weighted by Crippen LogP contribution is -2.27. The number of rotatable bonds is 5. The molecule has 2 heterocycles. The maximum atomic E-state index is 12.1. The topological polar surface area (TPSA) is 125 Å². The van der Waals surface area contributed by atoms with E-state index in [1.807, 2.05) is 0 Å². The van der Waals surface area contributed by atoms with Crippen molar-refractivity contribution in [1.82, 2.24) is 19.9 Å². The van der Waals surface area contributed by atoms with Crippen LogP contribution >= 0.6 is 11.3 Å². The molecule has 0 saturated carbocycles. The molecular weight excluding hydrogens is 304 g/mol.